The quantitative estimate of drug-likeness (QED) is 0.378. The lowest BCUT2D eigenvalue weighted by Gasteiger charge is -2.20. The Morgan fingerprint density at radius 2 is 1.81 bits per heavy atom. The monoisotopic (exact) mass is 547 g/mol. The maximum atomic E-state index is 11.8. The number of anilines is 1. The molecule has 2 N–H and O–H groups in total. The highest BCUT2D eigenvalue weighted by Gasteiger charge is 2.30. The van der Waals surface area contributed by atoms with Gasteiger partial charge in [0.2, 0.25) is 17.7 Å². The lowest BCUT2D eigenvalue weighted by Crippen LogP contribution is -2.45. The topological polar surface area (TPSA) is 117 Å². The summed E-state index contributed by atoms with van der Waals surface area (Å²) in [6.45, 7) is 8.01. The molecule has 10 nitrogen and oxygen atoms in total. The Balaban J connectivity index is 1.77. The third-order valence-electron chi connectivity index (χ3n) is 5.62. The smallest absolute Gasteiger partial charge is 0.243 e. The van der Waals surface area contributed by atoms with Crippen LogP contribution in [0.15, 0.2) is 31.0 Å². The van der Waals surface area contributed by atoms with Gasteiger partial charge in [-0.1, -0.05) is 29.8 Å². The highest BCUT2D eigenvalue weighted by Crippen LogP contribution is 2.46. The Morgan fingerprint density at radius 3 is 2.43 bits per heavy atom. The molecule has 0 radical (unpaired) electrons. The number of fused-ring (bicyclic) bond motifs is 1. The van der Waals surface area contributed by atoms with Crippen molar-refractivity contribution in [2.24, 2.45) is 0 Å². The molecule has 0 unspecified atom stereocenters. The van der Waals surface area contributed by atoms with E-state index in [1.54, 1.807) is 18.3 Å². The van der Waals surface area contributed by atoms with E-state index in [4.69, 9.17) is 47.1 Å². The van der Waals surface area contributed by atoms with Crippen LogP contribution in [0.4, 0.5) is 5.95 Å². The highest BCUT2D eigenvalue weighted by atomic mass is 35.5. The Morgan fingerprint density at radius 1 is 1.14 bits per heavy atom. The van der Waals surface area contributed by atoms with Gasteiger partial charge in [0.05, 0.1) is 61.4 Å². The molecule has 196 valence electrons. The number of ether oxygens (including phenoxy) is 4. The van der Waals surface area contributed by atoms with E-state index in [9.17, 15) is 4.79 Å². The summed E-state index contributed by atoms with van der Waals surface area (Å²) in [5.41, 5.74) is 1.36. The van der Waals surface area contributed by atoms with Crippen LogP contribution in [-0.2, 0) is 9.53 Å². The van der Waals surface area contributed by atoms with E-state index in [2.05, 4.69) is 27.2 Å². The molecule has 3 aromatic rings. The first-order chi connectivity index (χ1) is 17.7. The maximum Gasteiger partial charge on any atom is 0.243 e. The number of nitrogens with zero attached hydrogens (tertiary/aromatic N) is 3. The van der Waals surface area contributed by atoms with Crippen molar-refractivity contribution in [1.29, 1.82) is 0 Å². The zero-order chi connectivity index (χ0) is 26.7. The molecule has 1 saturated heterocycles. The van der Waals surface area contributed by atoms with E-state index < -0.39 is 0 Å². The van der Waals surface area contributed by atoms with Gasteiger partial charge in [0.1, 0.15) is 17.0 Å². The molecule has 0 bridgehead atoms. The molecular formula is C25H27Cl2N5O5. The van der Waals surface area contributed by atoms with Crippen molar-refractivity contribution in [3.05, 3.63) is 41.0 Å². The Kier molecular flexibility index (Phi) is 8.21. The SMILES string of the molecule is C=CC(=O)N[C@H]1COC[C@H]1Nc1ncc2cc(-c3c(Cl)c(OC)cc(OC)c3Cl)nc(OC(C)C)c2n1. The molecule has 1 fully saturated rings. The van der Waals surface area contributed by atoms with Crippen LogP contribution in [0.1, 0.15) is 13.8 Å². The average molecular weight is 548 g/mol. The fourth-order valence-electron chi connectivity index (χ4n) is 3.87. The van der Waals surface area contributed by atoms with Crippen molar-refractivity contribution in [3.8, 4) is 28.6 Å². The minimum atomic E-state index is -0.280. The van der Waals surface area contributed by atoms with Gasteiger partial charge in [-0.3, -0.25) is 4.79 Å². The normalized spacial score (nSPS) is 17.1. The van der Waals surface area contributed by atoms with Crippen LogP contribution in [0.25, 0.3) is 22.2 Å². The van der Waals surface area contributed by atoms with Gasteiger partial charge in [0, 0.05) is 23.2 Å². The number of hydrogen-bond acceptors (Lipinski definition) is 9. The van der Waals surface area contributed by atoms with Crippen molar-refractivity contribution >= 4 is 46.0 Å². The van der Waals surface area contributed by atoms with Gasteiger partial charge in [0.15, 0.2) is 0 Å². The zero-order valence-electron chi connectivity index (χ0n) is 20.8. The van der Waals surface area contributed by atoms with E-state index in [0.29, 0.717) is 52.8 Å². The fraction of sp³-hybridized carbons (Fsp3) is 0.360. The number of carbonyl (C=O) groups excluding carboxylic acids is 1. The minimum Gasteiger partial charge on any atom is -0.495 e. The molecule has 0 spiro atoms. The van der Waals surface area contributed by atoms with Crippen molar-refractivity contribution in [3.63, 3.8) is 0 Å². The number of methoxy groups -OCH3 is 2. The second-order valence-corrected chi connectivity index (χ2v) is 9.26. The second kappa shape index (κ2) is 11.4. The third-order valence-corrected chi connectivity index (χ3v) is 6.37. The van der Waals surface area contributed by atoms with E-state index in [1.807, 2.05) is 13.8 Å². The summed E-state index contributed by atoms with van der Waals surface area (Å²) < 4.78 is 22.4. The number of amides is 1. The van der Waals surface area contributed by atoms with Gasteiger partial charge in [-0.05, 0) is 26.0 Å². The first kappa shape index (κ1) is 26.7. The Bertz CT molecular complexity index is 1310. The van der Waals surface area contributed by atoms with Gasteiger partial charge in [-0.2, -0.15) is 0 Å². The molecule has 0 aliphatic carbocycles. The van der Waals surface area contributed by atoms with Gasteiger partial charge >= 0.3 is 0 Å². The molecule has 1 aliphatic rings. The van der Waals surface area contributed by atoms with Crippen molar-refractivity contribution in [2.45, 2.75) is 32.0 Å². The summed E-state index contributed by atoms with van der Waals surface area (Å²) in [5.74, 6) is 1.11. The van der Waals surface area contributed by atoms with Crippen molar-refractivity contribution < 1.29 is 23.7 Å². The number of halogens is 2. The molecule has 0 saturated carbocycles. The molecule has 12 heteroatoms. The number of aromatic nitrogens is 3. The largest absolute Gasteiger partial charge is 0.495 e. The lowest BCUT2D eigenvalue weighted by atomic mass is 10.1. The van der Waals surface area contributed by atoms with Crippen LogP contribution in [0, 0.1) is 0 Å². The third kappa shape index (κ3) is 5.66. The van der Waals surface area contributed by atoms with Gasteiger partial charge in [-0.15, -0.1) is 0 Å². The first-order valence-corrected chi connectivity index (χ1v) is 12.2. The summed E-state index contributed by atoms with van der Waals surface area (Å²) in [6.07, 6.45) is 2.68. The predicted octanol–water partition coefficient (Wildman–Crippen LogP) is 4.28. The summed E-state index contributed by atoms with van der Waals surface area (Å²) in [5, 5.41) is 7.29. The van der Waals surface area contributed by atoms with Gasteiger partial charge in [0.25, 0.3) is 0 Å². The standard InChI is InChI=1S/C25H27Cl2N5O5/c1-6-19(33)29-15-10-36-11-16(15)31-25-28-9-13-7-14(30-24(23(13)32-25)37-12(2)3)20-21(26)17(34-4)8-18(35-5)22(20)27/h6-9,12,15-16H,1,10-11H2,2-5H3,(H,29,33)(H,28,31,32)/t15-,16+/m0/s1. The van der Waals surface area contributed by atoms with Crippen LogP contribution >= 0.6 is 23.2 Å². The molecule has 4 rings (SSSR count). The summed E-state index contributed by atoms with van der Waals surface area (Å²) in [6, 6.07) is 2.89. The summed E-state index contributed by atoms with van der Waals surface area (Å²) in [7, 11) is 3.01. The molecular weight excluding hydrogens is 521 g/mol. The second-order valence-electron chi connectivity index (χ2n) is 8.50. The van der Waals surface area contributed by atoms with Crippen LogP contribution in [-0.4, -0.2) is 66.5 Å². The highest BCUT2D eigenvalue weighted by molar-refractivity contribution is 6.41. The van der Waals surface area contributed by atoms with Gasteiger partial charge in [-0.25, -0.2) is 15.0 Å². The van der Waals surface area contributed by atoms with E-state index >= 15 is 0 Å². The fourth-order valence-corrected chi connectivity index (χ4v) is 4.56. The maximum absolute atomic E-state index is 11.8. The van der Waals surface area contributed by atoms with Gasteiger partial charge < -0.3 is 29.6 Å². The number of benzene rings is 1. The molecule has 3 heterocycles. The molecule has 2 atom stereocenters. The number of pyridine rings is 1. The van der Waals surface area contributed by atoms with E-state index in [0.717, 1.165) is 0 Å². The zero-order valence-corrected chi connectivity index (χ0v) is 22.3. The average Bonchev–Trinajstić information content (AvgIpc) is 3.30. The molecule has 1 amide bonds. The number of hydrogen-bond donors (Lipinski definition) is 2. The number of nitrogens with one attached hydrogen (secondary N) is 2. The molecule has 1 aliphatic heterocycles. The number of carbonyl (C=O) groups is 1. The Labute approximate surface area is 224 Å². The predicted molar refractivity (Wildman–Crippen MR) is 142 cm³/mol. The van der Waals surface area contributed by atoms with Crippen LogP contribution in [0.3, 0.4) is 0 Å². The summed E-state index contributed by atoms with van der Waals surface area (Å²) in [4.78, 5) is 25.6. The molecule has 1 aromatic carbocycles. The van der Waals surface area contributed by atoms with Crippen molar-refractivity contribution in [1.82, 2.24) is 20.3 Å². The van der Waals surface area contributed by atoms with Crippen molar-refractivity contribution in [2.75, 3.05) is 32.8 Å². The van der Waals surface area contributed by atoms with Crippen LogP contribution in [0.5, 0.6) is 17.4 Å². The number of rotatable bonds is 9. The summed E-state index contributed by atoms with van der Waals surface area (Å²) >= 11 is 13.3. The van der Waals surface area contributed by atoms with E-state index in [1.165, 1.54) is 20.3 Å². The van der Waals surface area contributed by atoms with Crippen LogP contribution < -0.4 is 24.8 Å². The lowest BCUT2D eigenvalue weighted by molar-refractivity contribution is -0.117. The van der Waals surface area contributed by atoms with E-state index in [-0.39, 0.29) is 40.0 Å². The Hall–Kier alpha value is -3.34. The minimum absolute atomic E-state index is 0.190. The first-order valence-electron chi connectivity index (χ1n) is 11.5. The molecule has 2 aromatic heterocycles. The van der Waals surface area contributed by atoms with Crippen LogP contribution in [0.2, 0.25) is 10.0 Å². The molecule has 37 heavy (non-hydrogen) atoms.